The molecule has 0 amide bonds. The summed E-state index contributed by atoms with van der Waals surface area (Å²) in [5.74, 6) is 0. The van der Waals surface area contributed by atoms with Crippen molar-refractivity contribution in [3.8, 4) is 0 Å². The Kier molecular flexibility index (Phi) is 4.74. The van der Waals surface area contributed by atoms with Gasteiger partial charge in [0.05, 0.1) is 12.2 Å². The van der Waals surface area contributed by atoms with Gasteiger partial charge < -0.3 is 5.73 Å². The number of rotatable bonds is 6. The van der Waals surface area contributed by atoms with E-state index in [1.807, 2.05) is 0 Å². The van der Waals surface area contributed by atoms with Crippen LogP contribution in [-0.2, 0) is 25.8 Å². The van der Waals surface area contributed by atoms with Crippen LogP contribution in [0.1, 0.15) is 36.4 Å². The lowest BCUT2D eigenvalue weighted by atomic mass is 10.0. The van der Waals surface area contributed by atoms with Crippen molar-refractivity contribution >= 4 is 0 Å². The molecule has 3 nitrogen and oxygen atoms in total. The highest BCUT2D eigenvalue weighted by Gasteiger charge is 2.08. The third-order valence-electron chi connectivity index (χ3n) is 3.49. The SMILES string of the molecule is CCc1cc(CC)n(Cc2ccccc2CCN)n1. The zero-order chi connectivity index (χ0) is 13.7. The minimum Gasteiger partial charge on any atom is -0.330 e. The summed E-state index contributed by atoms with van der Waals surface area (Å²) in [7, 11) is 0. The minimum absolute atomic E-state index is 0.691. The number of aromatic nitrogens is 2. The van der Waals surface area contributed by atoms with Gasteiger partial charge in [0.25, 0.3) is 0 Å². The zero-order valence-electron chi connectivity index (χ0n) is 11.9. The highest BCUT2D eigenvalue weighted by molar-refractivity contribution is 5.28. The van der Waals surface area contributed by atoms with Crippen molar-refractivity contribution < 1.29 is 0 Å². The third kappa shape index (κ3) is 3.24. The normalized spacial score (nSPS) is 10.9. The Morgan fingerprint density at radius 3 is 2.47 bits per heavy atom. The summed E-state index contributed by atoms with van der Waals surface area (Å²) in [6, 6.07) is 10.7. The van der Waals surface area contributed by atoms with Crippen molar-refractivity contribution in [1.82, 2.24) is 9.78 Å². The van der Waals surface area contributed by atoms with E-state index in [-0.39, 0.29) is 0 Å². The molecule has 0 aliphatic carbocycles. The van der Waals surface area contributed by atoms with Crippen LogP contribution in [0.3, 0.4) is 0 Å². The van der Waals surface area contributed by atoms with Gasteiger partial charge in [0.2, 0.25) is 0 Å². The first-order valence-corrected chi connectivity index (χ1v) is 7.10. The zero-order valence-corrected chi connectivity index (χ0v) is 11.9. The summed E-state index contributed by atoms with van der Waals surface area (Å²) in [4.78, 5) is 0. The summed E-state index contributed by atoms with van der Waals surface area (Å²) in [5, 5.41) is 4.68. The molecule has 2 rings (SSSR count). The van der Waals surface area contributed by atoms with E-state index in [1.165, 1.54) is 22.5 Å². The lowest BCUT2D eigenvalue weighted by Crippen LogP contribution is -2.10. The van der Waals surface area contributed by atoms with Crippen LogP contribution in [0.15, 0.2) is 30.3 Å². The fraction of sp³-hybridized carbons (Fsp3) is 0.438. The largest absolute Gasteiger partial charge is 0.330 e. The quantitative estimate of drug-likeness (QED) is 0.864. The number of nitrogens with two attached hydrogens (primary N) is 1. The average Bonchev–Trinajstić information content (AvgIpc) is 2.83. The molecule has 2 aromatic rings. The Balaban J connectivity index is 2.27. The molecular weight excluding hydrogens is 234 g/mol. The minimum atomic E-state index is 0.691. The van der Waals surface area contributed by atoms with Gasteiger partial charge in [0, 0.05) is 5.69 Å². The molecule has 0 radical (unpaired) electrons. The summed E-state index contributed by atoms with van der Waals surface area (Å²) in [6.45, 7) is 5.86. The predicted octanol–water partition coefficient (Wildman–Crippen LogP) is 2.56. The van der Waals surface area contributed by atoms with Crippen LogP contribution in [0, 0.1) is 0 Å². The van der Waals surface area contributed by atoms with Crippen molar-refractivity contribution in [2.75, 3.05) is 6.54 Å². The molecule has 1 aromatic heterocycles. The third-order valence-corrected chi connectivity index (χ3v) is 3.49. The van der Waals surface area contributed by atoms with Gasteiger partial charge in [-0.3, -0.25) is 4.68 Å². The smallest absolute Gasteiger partial charge is 0.0665 e. The van der Waals surface area contributed by atoms with Crippen molar-refractivity contribution in [3.63, 3.8) is 0 Å². The van der Waals surface area contributed by atoms with Crippen LogP contribution < -0.4 is 5.73 Å². The fourth-order valence-corrected chi connectivity index (χ4v) is 2.38. The van der Waals surface area contributed by atoms with Crippen molar-refractivity contribution in [2.24, 2.45) is 5.73 Å². The van der Waals surface area contributed by atoms with E-state index in [9.17, 15) is 0 Å². The molecule has 1 aromatic carbocycles. The molecule has 0 unspecified atom stereocenters. The van der Waals surface area contributed by atoms with Gasteiger partial charge in [-0.25, -0.2) is 0 Å². The van der Waals surface area contributed by atoms with E-state index in [0.29, 0.717) is 6.54 Å². The van der Waals surface area contributed by atoms with E-state index in [2.05, 4.69) is 54.0 Å². The van der Waals surface area contributed by atoms with E-state index in [4.69, 9.17) is 5.73 Å². The second-order valence-corrected chi connectivity index (χ2v) is 4.80. The molecule has 19 heavy (non-hydrogen) atoms. The number of hydrogen-bond acceptors (Lipinski definition) is 2. The van der Waals surface area contributed by atoms with Crippen molar-refractivity contribution in [1.29, 1.82) is 0 Å². The number of nitrogens with zero attached hydrogens (tertiary/aromatic N) is 2. The van der Waals surface area contributed by atoms with Gasteiger partial charge >= 0.3 is 0 Å². The van der Waals surface area contributed by atoms with Crippen LogP contribution >= 0.6 is 0 Å². The Hall–Kier alpha value is -1.61. The average molecular weight is 257 g/mol. The fourth-order valence-electron chi connectivity index (χ4n) is 2.38. The Morgan fingerprint density at radius 2 is 1.84 bits per heavy atom. The molecular formula is C16H23N3. The van der Waals surface area contributed by atoms with Gasteiger partial charge in [-0.2, -0.15) is 5.10 Å². The molecule has 0 spiro atoms. The van der Waals surface area contributed by atoms with Crippen LogP contribution in [0.5, 0.6) is 0 Å². The first-order valence-electron chi connectivity index (χ1n) is 7.10. The second kappa shape index (κ2) is 6.53. The van der Waals surface area contributed by atoms with Gasteiger partial charge in [0.1, 0.15) is 0 Å². The number of aryl methyl sites for hydroxylation is 2. The molecule has 2 N–H and O–H groups in total. The Bertz CT molecular complexity index is 529. The summed E-state index contributed by atoms with van der Waals surface area (Å²) in [6.07, 6.45) is 2.94. The predicted molar refractivity (Wildman–Crippen MR) is 79.3 cm³/mol. The van der Waals surface area contributed by atoms with Gasteiger partial charge in [-0.15, -0.1) is 0 Å². The van der Waals surface area contributed by atoms with Gasteiger partial charge in [0.15, 0.2) is 0 Å². The van der Waals surface area contributed by atoms with Gasteiger partial charge in [-0.05, 0) is 43.0 Å². The van der Waals surface area contributed by atoms with E-state index in [1.54, 1.807) is 0 Å². The van der Waals surface area contributed by atoms with E-state index in [0.717, 1.165) is 25.8 Å². The maximum atomic E-state index is 5.68. The van der Waals surface area contributed by atoms with Crippen LogP contribution in [0.4, 0.5) is 0 Å². The maximum absolute atomic E-state index is 5.68. The molecule has 0 saturated carbocycles. The van der Waals surface area contributed by atoms with E-state index >= 15 is 0 Å². The topological polar surface area (TPSA) is 43.8 Å². The number of benzene rings is 1. The summed E-state index contributed by atoms with van der Waals surface area (Å²) >= 11 is 0. The summed E-state index contributed by atoms with van der Waals surface area (Å²) < 4.78 is 2.13. The molecule has 3 heteroatoms. The second-order valence-electron chi connectivity index (χ2n) is 4.80. The molecule has 1 heterocycles. The molecule has 102 valence electrons. The highest BCUT2D eigenvalue weighted by Crippen LogP contribution is 2.14. The lowest BCUT2D eigenvalue weighted by molar-refractivity contribution is 0.636. The first-order chi connectivity index (χ1) is 9.28. The maximum Gasteiger partial charge on any atom is 0.0665 e. The number of hydrogen-bond donors (Lipinski definition) is 1. The van der Waals surface area contributed by atoms with Crippen LogP contribution in [-0.4, -0.2) is 16.3 Å². The van der Waals surface area contributed by atoms with Crippen molar-refractivity contribution in [3.05, 3.63) is 52.8 Å². The van der Waals surface area contributed by atoms with E-state index < -0.39 is 0 Å². The molecule has 0 bridgehead atoms. The highest BCUT2D eigenvalue weighted by atomic mass is 15.3. The Morgan fingerprint density at radius 1 is 1.11 bits per heavy atom. The standard InChI is InChI=1S/C16H23N3/c1-3-15-11-16(4-2)19(18-15)12-14-8-6-5-7-13(14)9-10-17/h5-8,11H,3-4,9-10,12,17H2,1-2H3. The first kappa shape index (κ1) is 13.8. The molecule has 0 fully saturated rings. The molecule has 0 atom stereocenters. The van der Waals surface area contributed by atoms with Crippen LogP contribution in [0.25, 0.3) is 0 Å². The van der Waals surface area contributed by atoms with Gasteiger partial charge in [-0.1, -0.05) is 38.1 Å². The molecule has 0 aliphatic rings. The lowest BCUT2D eigenvalue weighted by Gasteiger charge is -2.10. The molecule has 0 saturated heterocycles. The Labute approximate surface area is 115 Å². The van der Waals surface area contributed by atoms with Crippen molar-refractivity contribution in [2.45, 2.75) is 39.7 Å². The molecule has 0 aliphatic heterocycles. The monoisotopic (exact) mass is 257 g/mol. The van der Waals surface area contributed by atoms with Crippen LogP contribution in [0.2, 0.25) is 0 Å². The summed E-state index contributed by atoms with van der Waals surface area (Å²) in [5.41, 5.74) is 10.8.